The van der Waals surface area contributed by atoms with Crippen LogP contribution in [0.15, 0.2) is 24.2 Å². The van der Waals surface area contributed by atoms with E-state index in [-0.39, 0.29) is 6.04 Å². The van der Waals surface area contributed by atoms with E-state index in [2.05, 4.69) is 66.8 Å². The molecule has 0 bridgehead atoms. The number of hydrogen-bond donors (Lipinski definition) is 1. The number of nitrogens with two attached hydrogens (primary N) is 1. The van der Waals surface area contributed by atoms with Gasteiger partial charge >= 0.3 is 0 Å². The van der Waals surface area contributed by atoms with E-state index < -0.39 is 0 Å². The molecule has 1 unspecified atom stereocenters. The highest BCUT2D eigenvalue weighted by atomic mass is 79.9. The summed E-state index contributed by atoms with van der Waals surface area (Å²) in [5.41, 5.74) is 7.41. The Bertz CT molecular complexity index is 472. The van der Waals surface area contributed by atoms with Gasteiger partial charge < -0.3 is 5.73 Å². The van der Waals surface area contributed by atoms with Crippen LogP contribution in [0.3, 0.4) is 0 Å². The molecule has 16 heavy (non-hydrogen) atoms. The summed E-state index contributed by atoms with van der Waals surface area (Å²) in [5, 5.41) is 0. The Morgan fingerprint density at radius 1 is 1.19 bits per heavy atom. The highest BCUT2D eigenvalue weighted by Crippen LogP contribution is 2.40. The Balaban J connectivity index is 2.42. The topological polar surface area (TPSA) is 26.0 Å². The minimum atomic E-state index is -0.0787. The molecule has 86 valence electrons. The molecule has 0 fully saturated rings. The van der Waals surface area contributed by atoms with Gasteiger partial charge in [0.25, 0.3) is 0 Å². The van der Waals surface area contributed by atoms with Crippen LogP contribution in [0.1, 0.15) is 21.4 Å². The molecule has 0 amide bonds. The first kappa shape index (κ1) is 13.2. The van der Waals surface area contributed by atoms with Gasteiger partial charge in [0, 0.05) is 19.8 Å². The van der Waals surface area contributed by atoms with E-state index in [1.807, 2.05) is 0 Å². The molecule has 0 radical (unpaired) electrons. The van der Waals surface area contributed by atoms with E-state index in [0.29, 0.717) is 0 Å². The molecular formula is C10H8Br3NS2. The Labute approximate surface area is 127 Å². The van der Waals surface area contributed by atoms with Crippen molar-refractivity contribution < 1.29 is 0 Å². The molecule has 2 rings (SSSR count). The first-order chi connectivity index (χ1) is 7.49. The molecule has 0 saturated heterocycles. The SMILES string of the molecule is Cc1cc(Br)c(C(N)c2cc(Br)sc2Br)s1. The van der Waals surface area contributed by atoms with Crippen LogP contribution < -0.4 is 5.73 Å². The summed E-state index contributed by atoms with van der Waals surface area (Å²) in [4.78, 5) is 2.44. The van der Waals surface area contributed by atoms with Crippen molar-refractivity contribution in [2.75, 3.05) is 0 Å². The Morgan fingerprint density at radius 3 is 2.31 bits per heavy atom. The van der Waals surface area contributed by atoms with Gasteiger partial charge in [0.1, 0.15) is 0 Å². The fraction of sp³-hybridized carbons (Fsp3) is 0.200. The zero-order valence-corrected chi connectivity index (χ0v) is 14.7. The third kappa shape index (κ3) is 2.62. The van der Waals surface area contributed by atoms with Gasteiger partial charge in [-0.05, 0) is 66.8 Å². The van der Waals surface area contributed by atoms with E-state index >= 15 is 0 Å². The van der Waals surface area contributed by atoms with E-state index in [0.717, 1.165) is 17.6 Å². The first-order valence-electron chi connectivity index (χ1n) is 4.45. The number of aryl methyl sites for hydroxylation is 1. The van der Waals surface area contributed by atoms with Crippen LogP contribution in [-0.4, -0.2) is 0 Å². The number of halogens is 3. The highest BCUT2D eigenvalue weighted by Gasteiger charge is 2.19. The number of thiophene rings is 2. The van der Waals surface area contributed by atoms with E-state index in [9.17, 15) is 0 Å². The maximum atomic E-state index is 6.28. The fourth-order valence-electron chi connectivity index (χ4n) is 1.42. The summed E-state index contributed by atoms with van der Waals surface area (Å²) in [6.45, 7) is 2.09. The smallest absolute Gasteiger partial charge is 0.0761 e. The molecule has 2 aromatic heterocycles. The Morgan fingerprint density at radius 2 is 1.88 bits per heavy atom. The molecule has 0 aliphatic carbocycles. The van der Waals surface area contributed by atoms with Gasteiger partial charge in [-0.25, -0.2) is 0 Å². The van der Waals surface area contributed by atoms with Crippen LogP contribution in [0.25, 0.3) is 0 Å². The third-order valence-corrected chi connectivity index (χ3v) is 6.57. The second-order valence-electron chi connectivity index (χ2n) is 3.33. The van der Waals surface area contributed by atoms with Crippen molar-refractivity contribution in [3.05, 3.63) is 39.5 Å². The van der Waals surface area contributed by atoms with Crippen LogP contribution in [-0.2, 0) is 0 Å². The van der Waals surface area contributed by atoms with Crippen molar-refractivity contribution in [3.63, 3.8) is 0 Å². The molecule has 1 atom stereocenters. The maximum Gasteiger partial charge on any atom is 0.0761 e. The zero-order chi connectivity index (χ0) is 11.9. The standard InChI is InChI=1S/C10H8Br3NS2/c1-4-2-6(11)9(15-4)8(14)5-3-7(12)16-10(5)13/h2-3,8H,14H2,1H3. The van der Waals surface area contributed by atoms with Gasteiger partial charge in [0.15, 0.2) is 0 Å². The summed E-state index contributed by atoms with van der Waals surface area (Å²) in [6.07, 6.45) is 0. The van der Waals surface area contributed by atoms with Crippen molar-refractivity contribution >= 4 is 70.5 Å². The maximum absolute atomic E-state index is 6.28. The van der Waals surface area contributed by atoms with Crippen LogP contribution in [0.2, 0.25) is 0 Å². The fourth-order valence-corrected chi connectivity index (χ4v) is 6.27. The van der Waals surface area contributed by atoms with Crippen LogP contribution in [0, 0.1) is 6.92 Å². The van der Waals surface area contributed by atoms with E-state index in [4.69, 9.17) is 5.73 Å². The lowest BCUT2D eigenvalue weighted by molar-refractivity contribution is 0.890. The van der Waals surface area contributed by atoms with Crippen LogP contribution in [0.5, 0.6) is 0 Å². The molecular weight excluding hydrogens is 438 g/mol. The van der Waals surface area contributed by atoms with Gasteiger partial charge in [0.05, 0.1) is 13.6 Å². The molecule has 2 aromatic rings. The average Bonchev–Trinajstić information content (AvgIpc) is 2.68. The second kappa shape index (κ2) is 5.20. The average molecular weight is 446 g/mol. The lowest BCUT2D eigenvalue weighted by Gasteiger charge is -2.09. The lowest BCUT2D eigenvalue weighted by atomic mass is 10.1. The summed E-state index contributed by atoms with van der Waals surface area (Å²) in [6, 6.07) is 4.10. The largest absolute Gasteiger partial charge is 0.320 e. The monoisotopic (exact) mass is 443 g/mol. The Kier molecular flexibility index (Phi) is 4.30. The number of rotatable bonds is 2. The van der Waals surface area contributed by atoms with Gasteiger partial charge in [0.2, 0.25) is 0 Å². The predicted octanol–water partition coefficient (Wildman–Crippen LogP) is 5.45. The predicted molar refractivity (Wildman–Crippen MR) is 82.5 cm³/mol. The van der Waals surface area contributed by atoms with Gasteiger partial charge in [-0.1, -0.05) is 0 Å². The van der Waals surface area contributed by atoms with Crippen molar-refractivity contribution in [2.45, 2.75) is 13.0 Å². The molecule has 0 aliphatic rings. The van der Waals surface area contributed by atoms with Crippen molar-refractivity contribution in [3.8, 4) is 0 Å². The third-order valence-electron chi connectivity index (χ3n) is 2.14. The van der Waals surface area contributed by atoms with Crippen molar-refractivity contribution in [1.82, 2.24) is 0 Å². The van der Waals surface area contributed by atoms with E-state index in [1.54, 1.807) is 22.7 Å². The minimum Gasteiger partial charge on any atom is -0.320 e. The summed E-state index contributed by atoms with van der Waals surface area (Å²) >= 11 is 13.9. The molecule has 2 N–H and O–H groups in total. The molecule has 6 heteroatoms. The quantitative estimate of drug-likeness (QED) is 0.653. The molecule has 1 nitrogen and oxygen atoms in total. The summed E-state index contributed by atoms with van der Waals surface area (Å²) < 4.78 is 3.27. The van der Waals surface area contributed by atoms with Gasteiger partial charge in [-0.2, -0.15) is 0 Å². The molecule has 0 aliphatic heterocycles. The lowest BCUT2D eigenvalue weighted by Crippen LogP contribution is -2.10. The zero-order valence-electron chi connectivity index (χ0n) is 8.26. The Hall–Kier alpha value is 0.800. The second-order valence-corrected chi connectivity index (χ2v) is 9.22. The van der Waals surface area contributed by atoms with Crippen molar-refractivity contribution in [1.29, 1.82) is 0 Å². The van der Waals surface area contributed by atoms with Crippen LogP contribution in [0.4, 0.5) is 0 Å². The molecule has 0 spiro atoms. The van der Waals surface area contributed by atoms with Crippen molar-refractivity contribution in [2.24, 2.45) is 5.73 Å². The minimum absolute atomic E-state index is 0.0787. The van der Waals surface area contributed by atoms with Crippen LogP contribution >= 0.6 is 70.5 Å². The van der Waals surface area contributed by atoms with Gasteiger partial charge in [-0.3, -0.25) is 0 Å². The molecule has 0 aromatic carbocycles. The molecule has 0 saturated carbocycles. The van der Waals surface area contributed by atoms with E-state index in [1.165, 1.54) is 9.75 Å². The van der Waals surface area contributed by atoms with Gasteiger partial charge in [-0.15, -0.1) is 22.7 Å². The highest BCUT2D eigenvalue weighted by molar-refractivity contribution is 9.12. The normalized spacial score (nSPS) is 13.1. The molecule has 2 heterocycles. The first-order valence-corrected chi connectivity index (χ1v) is 8.46. The summed E-state index contributed by atoms with van der Waals surface area (Å²) in [5.74, 6) is 0. The summed E-state index contributed by atoms with van der Waals surface area (Å²) in [7, 11) is 0. The number of hydrogen-bond acceptors (Lipinski definition) is 3.